The van der Waals surface area contributed by atoms with Crippen molar-refractivity contribution >= 4 is 23.4 Å². The molecule has 2 heterocycles. The van der Waals surface area contributed by atoms with Crippen molar-refractivity contribution in [2.45, 2.75) is 12.8 Å². The summed E-state index contributed by atoms with van der Waals surface area (Å²) in [7, 11) is 0. The van der Waals surface area contributed by atoms with Crippen molar-refractivity contribution in [2.24, 2.45) is 0 Å². The topological polar surface area (TPSA) is 75.9 Å². The van der Waals surface area contributed by atoms with E-state index < -0.39 is 6.09 Å². The number of benzene rings is 1. The zero-order valence-corrected chi connectivity index (χ0v) is 11.2. The lowest BCUT2D eigenvalue weighted by molar-refractivity contribution is -0.126. The Morgan fingerprint density at radius 3 is 2.95 bits per heavy atom. The first-order valence-corrected chi connectivity index (χ1v) is 6.76. The summed E-state index contributed by atoms with van der Waals surface area (Å²) in [5.41, 5.74) is 8.84. The van der Waals surface area contributed by atoms with Gasteiger partial charge in [-0.3, -0.25) is 4.79 Å². The van der Waals surface area contributed by atoms with Gasteiger partial charge >= 0.3 is 6.09 Å². The van der Waals surface area contributed by atoms with Crippen molar-refractivity contribution in [1.82, 2.24) is 4.90 Å². The summed E-state index contributed by atoms with van der Waals surface area (Å²) in [6.07, 6.45) is 1.34. The second kappa shape index (κ2) is 5.03. The van der Waals surface area contributed by atoms with E-state index in [0.29, 0.717) is 6.54 Å². The highest BCUT2D eigenvalue weighted by molar-refractivity contribution is 5.95. The summed E-state index contributed by atoms with van der Waals surface area (Å²) < 4.78 is 4.79. The number of nitrogen functional groups attached to an aromatic ring is 1. The third-order valence-corrected chi connectivity index (χ3v) is 3.77. The number of amides is 2. The second-order valence-electron chi connectivity index (χ2n) is 5.03. The molecule has 2 amide bonds. The number of cyclic esters (lactones) is 1. The van der Waals surface area contributed by atoms with Crippen LogP contribution in [0.3, 0.4) is 0 Å². The van der Waals surface area contributed by atoms with Gasteiger partial charge in [0.05, 0.1) is 13.1 Å². The fraction of sp³-hybridized carbons (Fsp3) is 0.429. The summed E-state index contributed by atoms with van der Waals surface area (Å²) >= 11 is 0. The highest BCUT2D eigenvalue weighted by atomic mass is 16.6. The first kappa shape index (κ1) is 12.8. The van der Waals surface area contributed by atoms with Crippen LogP contribution in [-0.2, 0) is 16.0 Å². The number of rotatable bonds is 2. The zero-order valence-electron chi connectivity index (χ0n) is 11.2. The molecule has 6 nitrogen and oxygen atoms in total. The molecule has 1 saturated heterocycles. The van der Waals surface area contributed by atoms with E-state index in [1.165, 1.54) is 4.90 Å². The highest BCUT2D eigenvalue weighted by Gasteiger charge is 2.30. The molecule has 1 aromatic rings. The standard InChI is InChI=1S/C14H17N3O3/c15-11-4-1-5-12-10(11)3-2-6-16(12)9-13(18)17-7-8-20-14(17)19/h1,4-5H,2-3,6-9,15H2. The number of hydrogen-bond acceptors (Lipinski definition) is 5. The Balaban J connectivity index is 1.78. The molecule has 0 atom stereocenters. The number of carbonyl (C=O) groups excluding carboxylic acids is 2. The van der Waals surface area contributed by atoms with Crippen LogP contribution in [0.2, 0.25) is 0 Å². The van der Waals surface area contributed by atoms with Gasteiger partial charge in [0.1, 0.15) is 6.61 Å². The molecule has 106 valence electrons. The average Bonchev–Trinajstić information content (AvgIpc) is 2.86. The van der Waals surface area contributed by atoms with Crippen molar-refractivity contribution < 1.29 is 14.3 Å². The van der Waals surface area contributed by atoms with Gasteiger partial charge < -0.3 is 15.4 Å². The molecule has 3 rings (SSSR count). The van der Waals surface area contributed by atoms with Gasteiger partial charge in [-0.25, -0.2) is 9.69 Å². The van der Waals surface area contributed by atoms with Crippen LogP contribution in [0.4, 0.5) is 16.2 Å². The molecule has 0 saturated carbocycles. The van der Waals surface area contributed by atoms with Crippen molar-refractivity contribution in [3.63, 3.8) is 0 Å². The van der Waals surface area contributed by atoms with E-state index in [-0.39, 0.29) is 19.1 Å². The number of carbonyl (C=O) groups is 2. The van der Waals surface area contributed by atoms with Crippen molar-refractivity contribution in [3.05, 3.63) is 23.8 Å². The predicted octanol–water partition coefficient (Wildman–Crippen LogP) is 1.00. The smallest absolute Gasteiger partial charge is 0.416 e. The van der Waals surface area contributed by atoms with Gasteiger partial charge in [-0.05, 0) is 30.5 Å². The van der Waals surface area contributed by atoms with Crippen molar-refractivity contribution in [3.8, 4) is 0 Å². The SMILES string of the molecule is Nc1cccc2c1CCCN2CC(=O)N1CCOC1=O. The summed E-state index contributed by atoms with van der Waals surface area (Å²) in [4.78, 5) is 26.7. The number of ether oxygens (including phenoxy) is 1. The number of anilines is 2. The lowest BCUT2D eigenvalue weighted by Crippen LogP contribution is -2.42. The predicted molar refractivity (Wildman–Crippen MR) is 74.4 cm³/mol. The summed E-state index contributed by atoms with van der Waals surface area (Å²) in [6.45, 7) is 1.61. The highest BCUT2D eigenvalue weighted by Crippen LogP contribution is 2.31. The fourth-order valence-electron chi connectivity index (χ4n) is 2.76. The van der Waals surface area contributed by atoms with Crippen LogP contribution in [0.15, 0.2) is 18.2 Å². The van der Waals surface area contributed by atoms with Gasteiger partial charge in [-0.15, -0.1) is 0 Å². The summed E-state index contributed by atoms with van der Waals surface area (Å²) in [5.74, 6) is -0.220. The van der Waals surface area contributed by atoms with E-state index in [0.717, 1.165) is 36.3 Å². The van der Waals surface area contributed by atoms with Crippen LogP contribution in [0.5, 0.6) is 0 Å². The fourth-order valence-corrected chi connectivity index (χ4v) is 2.76. The van der Waals surface area contributed by atoms with Gasteiger partial charge in [0.15, 0.2) is 0 Å². The first-order chi connectivity index (χ1) is 9.66. The van der Waals surface area contributed by atoms with E-state index in [1.54, 1.807) is 0 Å². The molecule has 0 aromatic heterocycles. The number of nitrogens with two attached hydrogens (primary N) is 1. The Bertz CT molecular complexity index is 559. The maximum atomic E-state index is 12.2. The van der Waals surface area contributed by atoms with Crippen molar-refractivity contribution in [1.29, 1.82) is 0 Å². The monoisotopic (exact) mass is 275 g/mol. The summed E-state index contributed by atoms with van der Waals surface area (Å²) in [6, 6.07) is 5.74. The molecule has 1 aromatic carbocycles. The Morgan fingerprint density at radius 1 is 1.35 bits per heavy atom. The largest absolute Gasteiger partial charge is 0.447 e. The average molecular weight is 275 g/mol. The van der Waals surface area contributed by atoms with Crippen LogP contribution < -0.4 is 10.6 Å². The molecule has 2 aliphatic heterocycles. The Kier molecular flexibility index (Phi) is 3.22. The van der Waals surface area contributed by atoms with Crippen LogP contribution in [0.1, 0.15) is 12.0 Å². The lowest BCUT2D eigenvalue weighted by Gasteiger charge is -2.32. The first-order valence-electron chi connectivity index (χ1n) is 6.76. The Morgan fingerprint density at radius 2 is 2.20 bits per heavy atom. The number of nitrogens with zero attached hydrogens (tertiary/aromatic N) is 2. The van der Waals surface area contributed by atoms with E-state index in [4.69, 9.17) is 10.5 Å². The van der Waals surface area contributed by atoms with E-state index >= 15 is 0 Å². The van der Waals surface area contributed by atoms with E-state index in [1.807, 2.05) is 23.1 Å². The maximum absolute atomic E-state index is 12.2. The molecule has 20 heavy (non-hydrogen) atoms. The molecule has 0 aliphatic carbocycles. The molecular weight excluding hydrogens is 258 g/mol. The molecule has 0 spiro atoms. The van der Waals surface area contributed by atoms with Crippen LogP contribution in [0.25, 0.3) is 0 Å². The quantitative estimate of drug-likeness (QED) is 0.815. The summed E-state index contributed by atoms with van der Waals surface area (Å²) in [5, 5.41) is 0. The molecule has 2 aliphatic rings. The van der Waals surface area contributed by atoms with Crippen molar-refractivity contribution in [2.75, 3.05) is 36.9 Å². The van der Waals surface area contributed by atoms with Crippen LogP contribution in [-0.4, -0.2) is 43.1 Å². The van der Waals surface area contributed by atoms with Gasteiger partial charge in [0.25, 0.3) is 5.91 Å². The van der Waals surface area contributed by atoms with E-state index in [9.17, 15) is 9.59 Å². The van der Waals surface area contributed by atoms with Gasteiger partial charge in [0, 0.05) is 17.9 Å². The third kappa shape index (κ3) is 2.17. The van der Waals surface area contributed by atoms with Gasteiger partial charge in [-0.2, -0.15) is 0 Å². The minimum absolute atomic E-state index is 0.186. The molecule has 0 bridgehead atoms. The van der Waals surface area contributed by atoms with Crippen LogP contribution >= 0.6 is 0 Å². The van der Waals surface area contributed by atoms with Gasteiger partial charge in [-0.1, -0.05) is 6.07 Å². The number of fused-ring (bicyclic) bond motifs is 1. The zero-order chi connectivity index (χ0) is 14.1. The number of hydrogen-bond donors (Lipinski definition) is 1. The molecule has 0 unspecified atom stereocenters. The van der Waals surface area contributed by atoms with Gasteiger partial charge in [0.2, 0.25) is 0 Å². The Hall–Kier alpha value is -2.24. The third-order valence-electron chi connectivity index (χ3n) is 3.77. The minimum Gasteiger partial charge on any atom is -0.447 e. The second-order valence-corrected chi connectivity index (χ2v) is 5.03. The molecule has 2 N–H and O–H groups in total. The molecule has 6 heteroatoms. The maximum Gasteiger partial charge on any atom is 0.416 e. The number of imide groups is 1. The molecular formula is C14H17N3O3. The normalized spacial score (nSPS) is 17.9. The van der Waals surface area contributed by atoms with Crippen LogP contribution in [0, 0.1) is 0 Å². The minimum atomic E-state index is -0.542. The lowest BCUT2D eigenvalue weighted by atomic mass is 10.00. The van der Waals surface area contributed by atoms with E-state index in [2.05, 4.69) is 0 Å². The Labute approximate surface area is 117 Å². The molecule has 1 fully saturated rings. The molecule has 0 radical (unpaired) electrons.